The molecular formula is C24H27FN2O. The fraction of sp³-hybridized carbons (Fsp3) is 0.292. The van der Waals surface area contributed by atoms with Crippen LogP contribution in [0.15, 0.2) is 60.7 Å². The lowest BCUT2D eigenvalue weighted by Gasteiger charge is -2.13. The lowest BCUT2D eigenvalue weighted by molar-refractivity contribution is 0.0952. The van der Waals surface area contributed by atoms with Crippen LogP contribution in [0.4, 0.5) is 4.39 Å². The van der Waals surface area contributed by atoms with Crippen molar-refractivity contribution in [3.8, 4) is 16.9 Å². The van der Waals surface area contributed by atoms with E-state index in [0.717, 1.165) is 29.8 Å². The number of benzene rings is 2. The third kappa shape index (κ3) is 4.33. The molecule has 3 aromatic rings. The molecule has 0 radical (unpaired) electrons. The first-order valence-corrected chi connectivity index (χ1v) is 9.94. The van der Waals surface area contributed by atoms with Gasteiger partial charge in [0.25, 0.3) is 5.91 Å². The zero-order valence-corrected chi connectivity index (χ0v) is 16.5. The van der Waals surface area contributed by atoms with E-state index in [1.165, 1.54) is 18.9 Å². The van der Waals surface area contributed by atoms with Gasteiger partial charge in [0.05, 0.1) is 16.9 Å². The number of carbonyl (C=O) groups excluding carboxylic acids is 1. The molecule has 0 fully saturated rings. The van der Waals surface area contributed by atoms with Gasteiger partial charge >= 0.3 is 0 Å². The number of nitrogens with one attached hydrogen (secondary N) is 1. The molecule has 28 heavy (non-hydrogen) atoms. The average molecular weight is 378 g/mol. The van der Waals surface area contributed by atoms with E-state index in [2.05, 4.69) is 12.2 Å². The number of amides is 1. The maximum Gasteiger partial charge on any atom is 0.253 e. The van der Waals surface area contributed by atoms with Crippen molar-refractivity contribution in [3.05, 3.63) is 77.7 Å². The van der Waals surface area contributed by atoms with E-state index in [1.807, 2.05) is 47.9 Å². The first-order chi connectivity index (χ1) is 13.6. The van der Waals surface area contributed by atoms with Gasteiger partial charge in [-0.1, -0.05) is 68.7 Å². The highest BCUT2D eigenvalue weighted by molar-refractivity contribution is 5.97. The van der Waals surface area contributed by atoms with Gasteiger partial charge in [-0.25, -0.2) is 4.39 Å². The highest BCUT2D eigenvalue weighted by Gasteiger charge is 2.20. The Labute approximate surface area is 166 Å². The minimum Gasteiger partial charge on any atom is -0.352 e. The Morgan fingerprint density at radius 1 is 1.00 bits per heavy atom. The summed E-state index contributed by atoms with van der Waals surface area (Å²) in [6, 6.07) is 18.3. The molecule has 1 aromatic heterocycles. The Morgan fingerprint density at radius 3 is 2.43 bits per heavy atom. The van der Waals surface area contributed by atoms with Crippen LogP contribution in [0.2, 0.25) is 0 Å². The molecule has 0 atom stereocenters. The van der Waals surface area contributed by atoms with E-state index < -0.39 is 0 Å². The van der Waals surface area contributed by atoms with E-state index in [9.17, 15) is 9.18 Å². The molecule has 1 N–H and O–H groups in total. The highest BCUT2D eigenvalue weighted by Crippen LogP contribution is 2.30. The fourth-order valence-electron chi connectivity index (χ4n) is 3.45. The van der Waals surface area contributed by atoms with Crippen molar-refractivity contribution < 1.29 is 9.18 Å². The van der Waals surface area contributed by atoms with Gasteiger partial charge in [-0.2, -0.15) is 0 Å². The first kappa shape index (κ1) is 19.9. The van der Waals surface area contributed by atoms with E-state index >= 15 is 0 Å². The van der Waals surface area contributed by atoms with Crippen molar-refractivity contribution >= 4 is 5.91 Å². The molecule has 0 aliphatic heterocycles. The number of para-hydroxylation sites is 1. The van der Waals surface area contributed by atoms with Crippen LogP contribution in [0.5, 0.6) is 0 Å². The van der Waals surface area contributed by atoms with Gasteiger partial charge in [0.15, 0.2) is 0 Å². The SMILES string of the molecule is CCCCCCNC(=O)c1cc(-c2ccccc2)n(-c2ccccc2F)c1C. The summed E-state index contributed by atoms with van der Waals surface area (Å²) in [7, 11) is 0. The van der Waals surface area contributed by atoms with Crippen molar-refractivity contribution in [2.75, 3.05) is 6.54 Å². The molecule has 3 nitrogen and oxygen atoms in total. The standard InChI is InChI=1S/C24H27FN2O/c1-3-4-5-11-16-26-24(28)20-17-23(19-12-7-6-8-13-19)27(18(20)2)22-15-10-9-14-21(22)25/h6-10,12-15,17H,3-5,11,16H2,1-2H3,(H,26,28). The topological polar surface area (TPSA) is 34.0 Å². The van der Waals surface area contributed by atoms with Crippen molar-refractivity contribution in [2.24, 2.45) is 0 Å². The summed E-state index contributed by atoms with van der Waals surface area (Å²) in [4.78, 5) is 12.8. The lowest BCUT2D eigenvalue weighted by atomic mass is 10.1. The van der Waals surface area contributed by atoms with Crippen LogP contribution in [0.25, 0.3) is 16.9 Å². The van der Waals surface area contributed by atoms with Crippen LogP contribution in [0.1, 0.15) is 48.7 Å². The second-order valence-electron chi connectivity index (χ2n) is 7.00. The Kier molecular flexibility index (Phi) is 6.64. The number of aromatic nitrogens is 1. The second kappa shape index (κ2) is 9.36. The monoisotopic (exact) mass is 378 g/mol. The molecule has 0 saturated heterocycles. The molecule has 4 heteroatoms. The van der Waals surface area contributed by atoms with Crippen LogP contribution in [-0.4, -0.2) is 17.0 Å². The number of hydrogen-bond acceptors (Lipinski definition) is 1. The molecule has 0 unspecified atom stereocenters. The van der Waals surface area contributed by atoms with Gasteiger partial charge < -0.3 is 9.88 Å². The van der Waals surface area contributed by atoms with Gasteiger partial charge in [-0.05, 0) is 37.1 Å². The van der Waals surface area contributed by atoms with Crippen molar-refractivity contribution in [3.63, 3.8) is 0 Å². The molecule has 0 bridgehead atoms. The molecule has 3 rings (SSSR count). The van der Waals surface area contributed by atoms with Crippen molar-refractivity contribution in [2.45, 2.75) is 39.5 Å². The van der Waals surface area contributed by atoms with Gasteiger partial charge in [-0.3, -0.25) is 4.79 Å². The maximum atomic E-state index is 14.6. The van der Waals surface area contributed by atoms with Crippen molar-refractivity contribution in [1.29, 1.82) is 0 Å². The zero-order valence-electron chi connectivity index (χ0n) is 16.5. The molecule has 0 aliphatic carbocycles. The molecule has 1 heterocycles. The Balaban J connectivity index is 1.97. The van der Waals surface area contributed by atoms with E-state index in [1.54, 1.807) is 18.2 Å². The molecule has 2 aromatic carbocycles. The molecule has 0 aliphatic rings. The maximum absolute atomic E-state index is 14.6. The number of nitrogens with zero attached hydrogens (tertiary/aromatic N) is 1. The predicted octanol–water partition coefficient (Wildman–Crippen LogP) is 5.90. The molecule has 0 spiro atoms. The minimum absolute atomic E-state index is 0.110. The third-order valence-corrected chi connectivity index (χ3v) is 4.97. The number of halogens is 1. The zero-order chi connectivity index (χ0) is 19.9. The summed E-state index contributed by atoms with van der Waals surface area (Å²) in [5, 5.41) is 3.01. The number of unbranched alkanes of at least 4 members (excludes halogenated alkanes) is 3. The largest absolute Gasteiger partial charge is 0.352 e. The number of carbonyl (C=O) groups is 1. The Morgan fingerprint density at radius 2 is 1.71 bits per heavy atom. The van der Waals surface area contributed by atoms with Crippen LogP contribution < -0.4 is 5.32 Å². The first-order valence-electron chi connectivity index (χ1n) is 9.94. The summed E-state index contributed by atoms with van der Waals surface area (Å²) >= 11 is 0. The van der Waals surface area contributed by atoms with Crippen LogP contribution in [0, 0.1) is 12.7 Å². The molecule has 1 amide bonds. The summed E-state index contributed by atoms with van der Waals surface area (Å²) in [5.74, 6) is -0.425. The fourth-order valence-corrected chi connectivity index (χ4v) is 3.45. The van der Waals surface area contributed by atoms with Gasteiger partial charge in [0.1, 0.15) is 5.82 Å². The third-order valence-electron chi connectivity index (χ3n) is 4.97. The quantitative estimate of drug-likeness (QED) is 0.486. The van der Waals surface area contributed by atoms with Crippen LogP contribution in [0.3, 0.4) is 0 Å². The number of hydrogen-bond donors (Lipinski definition) is 1. The summed E-state index contributed by atoms with van der Waals surface area (Å²) in [6.07, 6.45) is 4.43. The van der Waals surface area contributed by atoms with E-state index in [0.29, 0.717) is 17.8 Å². The highest BCUT2D eigenvalue weighted by atomic mass is 19.1. The predicted molar refractivity (Wildman–Crippen MR) is 112 cm³/mol. The van der Waals surface area contributed by atoms with Crippen LogP contribution >= 0.6 is 0 Å². The van der Waals surface area contributed by atoms with E-state index in [-0.39, 0.29) is 11.7 Å². The second-order valence-corrected chi connectivity index (χ2v) is 7.00. The van der Waals surface area contributed by atoms with Gasteiger partial charge in [0, 0.05) is 12.2 Å². The Hall–Kier alpha value is -2.88. The molecule has 146 valence electrons. The average Bonchev–Trinajstić information content (AvgIpc) is 3.06. The van der Waals surface area contributed by atoms with Gasteiger partial charge in [0.2, 0.25) is 0 Å². The summed E-state index contributed by atoms with van der Waals surface area (Å²) in [6.45, 7) is 4.69. The van der Waals surface area contributed by atoms with Crippen molar-refractivity contribution in [1.82, 2.24) is 9.88 Å². The summed E-state index contributed by atoms with van der Waals surface area (Å²) in [5.41, 5.74) is 3.50. The normalized spacial score (nSPS) is 10.8. The van der Waals surface area contributed by atoms with Crippen LogP contribution in [-0.2, 0) is 0 Å². The smallest absolute Gasteiger partial charge is 0.253 e. The number of rotatable bonds is 8. The molecular weight excluding hydrogens is 351 g/mol. The summed E-state index contributed by atoms with van der Waals surface area (Å²) < 4.78 is 16.4. The van der Waals surface area contributed by atoms with E-state index in [4.69, 9.17) is 0 Å². The lowest BCUT2D eigenvalue weighted by Crippen LogP contribution is -2.24. The molecule has 0 saturated carbocycles. The minimum atomic E-state index is -0.315. The van der Waals surface area contributed by atoms with Gasteiger partial charge in [-0.15, -0.1) is 0 Å². The Bertz CT molecular complexity index is 931.